The Morgan fingerprint density at radius 1 is 1.56 bits per heavy atom. The standard InChI is InChI=1S/C12H13ClN2O3/c1-8-4-5-14(7-8)12(16)9-2-3-11(15(17)18)10(13)6-9/h2-3,6,8H,4-5,7H2,1H3. The second-order valence-electron chi connectivity index (χ2n) is 4.57. The third-order valence-corrected chi connectivity index (χ3v) is 3.41. The van der Waals surface area contributed by atoms with E-state index < -0.39 is 4.92 Å². The number of halogens is 1. The number of carbonyl (C=O) groups is 1. The van der Waals surface area contributed by atoms with Crippen molar-refractivity contribution >= 4 is 23.2 Å². The van der Waals surface area contributed by atoms with Crippen LogP contribution in [-0.2, 0) is 0 Å². The number of likely N-dealkylation sites (tertiary alicyclic amines) is 1. The van der Waals surface area contributed by atoms with Crippen LogP contribution >= 0.6 is 11.6 Å². The minimum absolute atomic E-state index is 0.00176. The van der Waals surface area contributed by atoms with E-state index >= 15 is 0 Å². The summed E-state index contributed by atoms with van der Waals surface area (Å²) in [5, 5.41) is 10.6. The molecule has 0 radical (unpaired) electrons. The maximum absolute atomic E-state index is 12.1. The van der Waals surface area contributed by atoms with Crippen LogP contribution in [0.2, 0.25) is 5.02 Å². The fourth-order valence-electron chi connectivity index (χ4n) is 2.09. The summed E-state index contributed by atoms with van der Waals surface area (Å²) in [6.07, 6.45) is 0.993. The van der Waals surface area contributed by atoms with E-state index in [9.17, 15) is 14.9 Å². The van der Waals surface area contributed by atoms with E-state index in [0.717, 1.165) is 19.5 Å². The van der Waals surface area contributed by atoms with Crippen LogP contribution in [0.3, 0.4) is 0 Å². The highest BCUT2D eigenvalue weighted by molar-refractivity contribution is 6.33. The van der Waals surface area contributed by atoms with Gasteiger partial charge in [-0.25, -0.2) is 0 Å². The SMILES string of the molecule is CC1CCN(C(=O)c2ccc([N+](=O)[O-])c(Cl)c2)C1. The van der Waals surface area contributed by atoms with Gasteiger partial charge in [0.2, 0.25) is 0 Å². The van der Waals surface area contributed by atoms with E-state index in [1.807, 2.05) is 0 Å². The Balaban J connectivity index is 2.21. The van der Waals surface area contributed by atoms with Crippen LogP contribution in [0.1, 0.15) is 23.7 Å². The number of nitro groups is 1. The summed E-state index contributed by atoms with van der Waals surface area (Å²) < 4.78 is 0. The fourth-order valence-corrected chi connectivity index (χ4v) is 2.34. The molecule has 0 saturated carbocycles. The van der Waals surface area contributed by atoms with E-state index in [4.69, 9.17) is 11.6 Å². The van der Waals surface area contributed by atoms with Gasteiger partial charge in [0.25, 0.3) is 11.6 Å². The maximum Gasteiger partial charge on any atom is 0.287 e. The maximum atomic E-state index is 12.1. The number of hydrogen-bond donors (Lipinski definition) is 0. The minimum Gasteiger partial charge on any atom is -0.338 e. The van der Waals surface area contributed by atoms with Gasteiger partial charge in [0.05, 0.1) is 4.92 Å². The van der Waals surface area contributed by atoms with Gasteiger partial charge in [0, 0.05) is 24.7 Å². The van der Waals surface area contributed by atoms with Crippen LogP contribution in [0, 0.1) is 16.0 Å². The molecule has 5 nitrogen and oxygen atoms in total. The molecule has 6 heteroatoms. The molecule has 0 bridgehead atoms. The van der Waals surface area contributed by atoms with Gasteiger partial charge in [0.1, 0.15) is 5.02 Å². The highest BCUT2D eigenvalue weighted by Crippen LogP contribution is 2.26. The van der Waals surface area contributed by atoms with Crippen molar-refractivity contribution in [1.82, 2.24) is 4.90 Å². The lowest BCUT2D eigenvalue weighted by molar-refractivity contribution is -0.384. The van der Waals surface area contributed by atoms with Crippen LogP contribution in [0.15, 0.2) is 18.2 Å². The first kappa shape index (κ1) is 12.8. The van der Waals surface area contributed by atoms with Crippen LogP contribution < -0.4 is 0 Å². The third kappa shape index (κ3) is 2.46. The molecule has 0 N–H and O–H groups in total. The van der Waals surface area contributed by atoms with Crippen molar-refractivity contribution in [3.8, 4) is 0 Å². The average Bonchev–Trinajstić information content (AvgIpc) is 2.74. The second-order valence-corrected chi connectivity index (χ2v) is 4.98. The van der Waals surface area contributed by atoms with Crippen molar-refractivity contribution in [3.05, 3.63) is 38.9 Å². The minimum atomic E-state index is -0.561. The Morgan fingerprint density at radius 3 is 2.78 bits per heavy atom. The van der Waals surface area contributed by atoms with Crippen molar-refractivity contribution in [2.24, 2.45) is 5.92 Å². The summed E-state index contributed by atoms with van der Waals surface area (Å²) in [6.45, 7) is 3.55. The summed E-state index contributed by atoms with van der Waals surface area (Å²) >= 11 is 5.79. The second kappa shape index (κ2) is 4.94. The van der Waals surface area contributed by atoms with E-state index in [-0.39, 0.29) is 16.6 Å². The van der Waals surface area contributed by atoms with Gasteiger partial charge in [-0.2, -0.15) is 0 Å². The lowest BCUT2D eigenvalue weighted by atomic mass is 10.1. The van der Waals surface area contributed by atoms with Crippen molar-refractivity contribution < 1.29 is 9.72 Å². The van der Waals surface area contributed by atoms with Gasteiger partial charge in [-0.1, -0.05) is 18.5 Å². The van der Waals surface area contributed by atoms with Crippen molar-refractivity contribution in [1.29, 1.82) is 0 Å². The first-order valence-electron chi connectivity index (χ1n) is 5.72. The summed E-state index contributed by atoms with van der Waals surface area (Å²) in [6, 6.07) is 4.09. The first-order valence-corrected chi connectivity index (χ1v) is 6.10. The number of benzene rings is 1. The molecular weight excluding hydrogens is 256 g/mol. The molecular formula is C12H13ClN2O3. The molecule has 2 rings (SSSR count). The summed E-state index contributed by atoms with van der Waals surface area (Å²) in [5.74, 6) is 0.388. The van der Waals surface area contributed by atoms with Crippen LogP contribution in [0.5, 0.6) is 0 Å². The molecule has 0 aliphatic carbocycles. The topological polar surface area (TPSA) is 63.5 Å². The predicted molar refractivity (Wildman–Crippen MR) is 67.8 cm³/mol. The van der Waals surface area contributed by atoms with E-state index in [1.54, 1.807) is 4.90 Å². The molecule has 1 aliphatic heterocycles. The number of carbonyl (C=O) groups excluding carboxylic acids is 1. The van der Waals surface area contributed by atoms with Gasteiger partial charge in [-0.15, -0.1) is 0 Å². The van der Waals surface area contributed by atoms with E-state index in [2.05, 4.69) is 6.92 Å². The Kier molecular flexibility index (Phi) is 3.52. The van der Waals surface area contributed by atoms with Gasteiger partial charge in [0.15, 0.2) is 0 Å². The predicted octanol–water partition coefficient (Wildman–Crippen LogP) is 2.73. The zero-order chi connectivity index (χ0) is 13.3. The van der Waals surface area contributed by atoms with Gasteiger partial charge < -0.3 is 4.90 Å². The highest BCUT2D eigenvalue weighted by Gasteiger charge is 2.25. The highest BCUT2D eigenvalue weighted by atomic mass is 35.5. The molecule has 1 heterocycles. The lowest BCUT2D eigenvalue weighted by Gasteiger charge is -2.15. The Morgan fingerprint density at radius 2 is 2.28 bits per heavy atom. The number of nitrogens with zero attached hydrogens (tertiary/aromatic N) is 2. The number of rotatable bonds is 2. The Hall–Kier alpha value is -1.62. The quantitative estimate of drug-likeness (QED) is 0.612. The van der Waals surface area contributed by atoms with E-state index in [1.165, 1.54) is 18.2 Å². The molecule has 96 valence electrons. The first-order chi connectivity index (χ1) is 8.49. The fraction of sp³-hybridized carbons (Fsp3) is 0.417. The molecule has 1 aromatic rings. The molecule has 1 fully saturated rings. The zero-order valence-electron chi connectivity index (χ0n) is 9.93. The van der Waals surface area contributed by atoms with Gasteiger partial charge in [-0.3, -0.25) is 14.9 Å². The molecule has 1 saturated heterocycles. The molecule has 0 aromatic heterocycles. The number of hydrogen-bond acceptors (Lipinski definition) is 3. The zero-order valence-corrected chi connectivity index (χ0v) is 10.7. The van der Waals surface area contributed by atoms with Crippen molar-refractivity contribution in [2.75, 3.05) is 13.1 Å². The van der Waals surface area contributed by atoms with Crippen molar-refractivity contribution in [3.63, 3.8) is 0 Å². The number of amides is 1. The Labute approximate surface area is 109 Å². The van der Waals surface area contributed by atoms with Gasteiger partial charge >= 0.3 is 0 Å². The molecule has 1 amide bonds. The molecule has 18 heavy (non-hydrogen) atoms. The van der Waals surface area contributed by atoms with Gasteiger partial charge in [-0.05, 0) is 24.5 Å². The monoisotopic (exact) mass is 268 g/mol. The molecule has 1 unspecified atom stereocenters. The molecule has 1 atom stereocenters. The van der Waals surface area contributed by atoms with E-state index in [0.29, 0.717) is 11.5 Å². The smallest absolute Gasteiger partial charge is 0.287 e. The van der Waals surface area contributed by atoms with Crippen LogP contribution in [-0.4, -0.2) is 28.8 Å². The number of nitro benzene ring substituents is 1. The van der Waals surface area contributed by atoms with Crippen LogP contribution in [0.4, 0.5) is 5.69 Å². The average molecular weight is 269 g/mol. The van der Waals surface area contributed by atoms with Crippen LogP contribution in [0.25, 0.3) is 0 Å². The molecule has 0 spiro atoms. The Bertz CT molecular complexity index is 504. The summed E-state index contributed by atoms with van der Waals surface area (Å²) in [7, 11) is 0. The molecule has 1 aliphatic rings. The molecule has 1 aromatic carbocycles. The lowest BCUT2D eigenvalue weighted by Crippen LogP contribution is -2.28. The normalized spacial score (nSPS) is 19.0. The summed E-state index contributed by atoms with van der Waals surface area (Å²) in [5.41, 5.74) is 0.225. The summed E-state index contributed by atoms with van der Waals surface area (Å²) in [4.78, 5) is 23.9. The largest absolute Gasteiger partial charge is 0.338 e. The van der Waals surface area contributed by atoms with Crippen molar-refractivity contribution in [2.45, 2.75) is 13.3 Å². The third-order valence-electron chi connectivity index (χ3n) is 3.10.